The molecule has 9 heteroatoms. The minimum atomic E-state index is -0.522. The molecule has 2 heterocycles. The maximum Gasteiger partial charge on any atom is 0.308 e. The normalized spacial score (nSPS) is 16.9. The number of carbonyl (C=O) groups excluding carboxylic acids is 4. The van der Waals surface area contributed by atoms with Crippen LogP contribution in [0, 0.1) is 5.92 Å². The molecular formula is C20H24N2O6S. The highest BCUT2D eigenvalue weighted by Crippen LogP contribution is 2.34. The Balaban J connectivity index is 1.42. The van der Waals surface area contributed by atoms with Crippen LogP contribution in [0.3, 0.4) is 0 Å². The summed E-state index contributed by atoms with van der Waals surface area (Å²) in [5.41, 5.74) is 0.797. The number of para-hydroxylation sites is 1. The van der Waals surface area contributed by atoms with Gasteiger partial charge in [0.25, 0.3) is 5.91 Å². The van der Waals surface area contributed by atoms with Gasteiger partial charge in [0.05, 0.1) is 30.9 Å². The van der Waals surface area contributed by atoms with Crippen LogP contribution in [0.25, 0.3) is 0 Å². The maximum absolute atomic E-state index is 12.2. The summed E-state index contributed by atoms with van der Waals surface area (Å²) >= 11 is 1.48. The molecule has 0 saturated carbocycles. The number of rotatable bonds is 6. The second-order valence-corrected chi connectivity index (χ2v) is 7.91. The third-order valence-corrected chi connectivity index (χ3v) is 6.13. The van der Waals surface area contributed by atoms with E-state index in [2.05, 4.69) is 0 Å². The summed E-state index contributed by atoms with van der Waals surface area (Å²) in [6.07, 6.45) is 1.10. The van der Waals surface area contributed by atoms with Gasteiger partial charge in [-0.3, -0.25) is 19.2 Å². The Morgan fingerprint density at radius 1 is 1.17 bits per heavy atom. The molecule has 8 nitrogen and oxygen atoms in total. The van der Waals surface area contributed by atoms with Crippen LogP contribution in [0.4, 0.5) is 5.69 Å². The van der Waals surface area contributed by atoms with Crippen molar-refractivity contribution in [2.24, 2.45) is 5.92 Å². The zero-order chi connectivity index (χ0) is 20.8. The number of anilines is 1. The van der Waals surface area contributed by atoms with Gasteiger partial charge in [0, 0.05) is 24.5 Å². The molecule has 0 aromatic heterocycles. The summed E-state index contributed by atoms with van der Waals surface area (Å²) in [4.78, 5) is 52.2. The number of piperidine rings is 1. The first kappa shape index (κ1) is 21.2. The van der Waals surface area contributed by atoms with Gasteiger partial charge in [-0.1, -0.05) is 12.1 Å². The van der Waals surface area contributed by atoms with E-state index in [-0.39, 0.29) is 43.3 Å². The lowest BCUT2D eigenvalue weighted by molar-refractivity contribution is -0.154. The first-order valence-corrected chi connectivity index (χ1v) is 10.5. The fraction of sp³-hybridized carbons (Fsp3) is 0.500. The first-order valence-electron chi connectivity index (χ1n) is 9.53. The number of esters is 2. The zero-order valence-electron chi connectivity index (χ0n) is 16.3. The molecule has 0 bridgehead atoms. The van der Waals surface area contributed by atoms with Gasteiger partial charge >= 0.3 is 11.9 Å². The Hall–Kier alpha value is -2.55. The lowest BCUT2D eigenvalue weighted by Crippen LogP contribution is -2.42. The van der Waals surface area contributed by atoms with E-state index in [0.717, 1.165) is 10.6 Å². The maximum atomic E-state index is 12.2. The number of methoxy groups -OCH3 is 1. The number of amides is 2. The van der Waals surface area contributed by atoms with Crippen molar-refractivity contribution in [3.8, 4) is 0 Å². The number of likely N-dealkylation sites (tertiary alicyclic amines) is 1. The molecule has 0 atom stereocenters. The van der Waals surface area contributed by atoms with Crippen LogP contribution in [-0.4, -0.2) is 67.8 Å². The molecule has 29 heavy (non-hydrogen) atoms. The molecule has 1 fully saturated rings. The van der Waals surface area contributed by atoms with Crippen LogP contribution in [-0.2, 0) is 28.7 Å². The summed E-state index contributed by atoms with van der Waals surface area (Å²) in [6.45, 7) is 0.760. The van der Waals surface area contributed by atoms with Crippen LogP contribution in [0.2, 0.25) is 0 Å². The number of nitrogens with zero attached hydrogens (tertiary/aromatic N) is 2. The Bertz CT molecular complexity index is 791. The largest absolute Gasteiger partial charge is 0.469 e. The average Bonchev–Trinajstić information content (AvgIpc) is 2.76. The highest BCUT2D eigenvalue weighted by molar-refractivity contribution is 8.00. The van der Waals surface area contributed by atoms with Crippen molar-refractivity contribution in [3.63, 3.8) is 0 Å². The minimum absolute atomic E-state index is 0.0163. The van der Waals surface area contributed by atoms with E-state index in [1.54, 1.807) is 9.80 Å². The van der Waals surface area contributed by atoms with Crippen molar-refractivity contribution in [1.29, 1.82) is 0 Å². The van der Waals surface area contributed by atoms with Crippen molar-refractivity contribution in [2.45, 2.75) is 24.2 Å². The van der Waals surface area contributed by atoms with Gasteiger partial charge in [-0.15, -0.1) is 11.8 Å². The van der Waals surface area contributed by atoms with Gasteiger partial charge in [0.2, 0.25) is 5.91 Å². The van der Waals surface area contributed by atoms with Crippen LogP contribution >= 0.6 is 11.8 Å². The van der Waals surface area contributed by atoms with E-state index in [1.165, 1.54) is 18.9 Å². The Labute approximate surface area is 173 Å². The number of ether oxygens (including phenoxy) is 2. The number of carbonyl (C=O) groups is 4. The quantitative estimate of drug-likeness (QED) is 0.644. The predicted molar refractivity (Wildman–Crippen MR) is 106 cm³/mol. The monoisotopic (exact) mass is 420 g/mol. The second-order valence-electron chi connectivity index (χ2n) is 6.89. The summed E-state index contributed by atoms with van der Waals surface area (Å²) in [5.74, 6) is -0.952. The van der Waals surface area contributed by atoms with E-state index >= 15 is 0 Å². The first-order chi connectivity index (χ1) is 14.0. The Morgan fingerprint density at radius 3 is 2.62 bits per heavy atom. The summed E-state index contributed by atoms with van der Waals surface area (Å²) in [6, 6.07) is 7.56. The van der Waals surface area contributed by atoms with Crippen molar-refractivity contribution >= 4 is 41.2 Å². The standard InChI is InChI=1S/C20H24N2O6S/c1-27-20(26)14-6-9-21(10-7-14)17(23)12-28-19(25)8-11-22-15-4-2-3-5-16(15)29-13-18(22)24/h2-5,14H,6-13H2,1H3. The van der Waals surface area contributed by atoms with E-state index in [1.807, 2.05) is 24.3 Å². The number of hydrogen-bond acceptors (Lipinski definition) is 7. The topological polar surface area (TPSA) is 93.2 Å². The highest BCUT2D eigenvalue weighted by atomic mass is 32.2. The van der Waals surface area contributed by atoms with Crippen LogP contribution in [0.1, 0.15) is 19.3 Å². The van der Waals surface area contributed by atoms with E-state index in [9.17, 15) is 19.2 Å². The molecule has 1 saturated heterocycles. The third kappa shape index (κ3) is 5.29. The summed E-state index contributed by atoms with van der Waals surface area (Å²) in [7, 11) is 1.36. The molecule has 0 unspecified atom stereocenters. The highest BCUT2D eigenvalue weighted by Gasteiger charge is 2.28. The van der Waals surface area contributed by atoms with Gasteiger partial charge in [-0.05, 0) is 25.0 Å². The minimum Gasteiger partial charge on any atom is -0.469 e. The average molecular weight is 420 g/mol. The van der Waals surface area contributed by atoms with Crippen molar-refractivity contribution in [1.82, 2.24) is 4.90 Å². The van der Waals surface area contributed by atoms with Crippen LogP contribution in [0.5, 0.6) is 0 Å². The molecular weight excluding hydrogens is 396 g/mol. The fourth-order valence-corrected chi connectivity index (χ4v) is 4.37. The molecule has 0 radical (unpaired) electrons. The number of thioether (sulfide) groups is 1. The van der Waals surface area contributed by atoms with Crippen molar-refractivity contribution in [2.75, 3.05) is 44.0 Å². The summed E-state index contributed by atoms with van der Waals surface area (Å²) < 4.78 is 9.83. The van der Waals surface area contributed by atoms with Gasteiger partial charge in [-0.2, -0.15) is 0 Å². The molecule has 2 aliphatic heterocycles. The molecule has 2 aliphatic rings. The third-order valence-electron chi connectivity index (χ3n) is 5.09. The molecule has 0 spiro atoms. The Kier molecular flexibility index (Phi) is 7.13. The van der Waals surface area contributed by atoms with Gasteiger partial charge < -0.3 is 19.3 Å². The molecule has 1 aromatic carbocycles. The van der Waals surface area contributed by atoms with Crippen molar-refractivity contribution in [3.05, 3.63) is 24.3 Å². The molecule has 156 valence electrons. The lowest BCUT2D eigenvalue weighted by atomic mass is 9.97. The lowest BCUT2D eigenvalue weighted by Gasteiger charge is -2.30. The van der Waals surface area contributed by atoms with Gasteiger partial charge in [-0.25, -0.2) is 0 Å². The van der Waals surface area contributed by atoms with Gasteiger partial charge in [0.1, 0.15) is 0 Å². The van der Waals surface area contributed by atoms with Crippen molar-refractivity contribution < 1.29 is 28.7 Å². The second kappa shape index (κ2) is 9.78. The van der Waals surface area contributed by atoms with E-state index in [4.69, 9.17) is 9.47 Å². The molecule has 0 N–H and O–H groups in total. The summed E-state index contributed by atoms with van der Waals surface area (Å²) in [5, 5.41) is 0. The molecule has 1 aromatic rings. The Morgan fingerprint density at radius 2 is 1.90 bits per heavy atom. The van der Waals surface area contributed by atoms with E-state index in [0.29, 0.717) is 31.7 Å². The fourth-order valence-electron chi connectivity index (χ4n) is 3.44. The zero-order valence-corrected chi connectivity index (χ0v) is 17.1. The molecule has 0 aliphatic carbocycles. The number of fused-ring (bicyclic) bond motifs is 1. The van der Waals surface area contributed by atoms with Crippen LogP contribution in [0.15, 0.2) is 29.2 Å². The molecule has 3 rings (SSSR count). The van der Waals surface area contributed by atoms with Gasteiger partial charge in [0.15, 0.2) is 6.61 Å². The molecule has 2 amide bonds. The van der Waals surface area contributed by atoms with Crippen LogP contribution < -0.4 is 4.90 Å². The predicted octanol–water partition coefficient (Wildman–Crippen LogP) is 1.47. The number of hydrogen-bond donors (Lipinski definition) is 0. The number of benzene rings is 1. The SMILES string of the molecule is COC(=O)C1CCN(C(=O)COC(=O)CCN2C(=O)CSc3ccccc32)CC1. The van der Waals surface area contributed by atoms with E-state index < -0.39 is 5.97 Å². The smallest absolute Gasteiger partial charge is 0.308 e.